The Labute approximate surface area is 134 Å². The van der Waals surface area contributed by atoms with E-state index in [9.17, 15) is 0 Å². The van der Waals surface area contributed by atoms with Crippen molar-refractivity contribution in [3.05, 3.63) is 36.4 Å². The van der Waals surface area contributed by atoms with Gasteiger partial charge in [0.25, 0.3) is 0 Å². The molecule has 84 valence electrons. The second-order valence-corrected chi connectivity index (χ2v) is 4.27. The Morgan fingerprint density at radius 3 is 1.50 bits per heavy atom. The van der Waals surface area contributed by atoms with Gasteiger partial charge in [-0.05, 0) is 0 Å². The van der Waals surface area contributed by atoms with E-state index in [0.29, 0.717) is 0 Å². The molecular formula is C14H16Li2N2. The van der Waals surface area contributed by atoms with Gasteiger partial charge < -0.3 is 9.80 Å². The largest absolute Gasteiger partial charge is 1.00 e. The molecule has 4 heteroatoms. The summed E-state index contributed by atoms with van der Waals surface area (Å²) in [5, 5.41) is 2.44. The molecule has 2 aromatic rings. The van der Waals surface area contributed by atoms with Gasteiger partial charge in [0.15, 0.2) is 0 Å². The van der Waals surface area contributed by atoms with Crippen LogP contribution in [0.2, 0.25) is 0 Å². The van der Waals surface area contributed by atoms with E-state index in [1.54, 1.807) is 0 Å². The average molecular weight is 226 g/mol. The van der Waals surface area contributed by atoms with Crippen LogP contribution < -0.4 is 47.5 Å². The van der Waals surface area contributed by atoms with Crippen LogP contribution in [0, 0.1) is 12.1 Å². The van der Waals surface area contributed by atoms with Crippen molar-refractivity contribution >= 4 is 22.1 Å². The van der Waals surface area contributed by atoms with Gasteiger partial charge in [0, 0.05) is 28.2 Å². The van der Waals surface area contributed by atoms with Gasteiger partial charge in [0.1, 0.15) is 0 Å². The zero-order chi connectivity index (χ0) is 11.7. The molecule has 0 saturated carbocycles. The van der Waals surface area contributed by atoms with E-state index in [1.165, 1.54) is 10.8 Å². The zero-order valence-corrected chi connectivity index (χ0v) is 12.2. The van der Waals surface area contributed by atoms with Crippen LogP contribution in [0.25, 0.3) is 10.8 Å². The summed E-state index contributed by atoms with van der Waals surface area (Å²) < 4.78 is 0. The number of benzene rings is 2. The van der Waals surface area contributed by atoms with E-state index >= 15 is 0 Å². The summed E-state index contributed by atoms with van der Waals surface area (Å²) in [6, 6.07) is 14.7. The fourth-order valence-electron chi connectivity index (χ4n) is 1.88. The Hall–Kier alpha value is -0.505. The number of anilines is 2. The standard InChI is InChI=1S/C14H16N2.2Li/c1-15(2)12-9-5-7-11-8-6-10-13(14(11)12)16(3)4;;/h5-8H,1-4H3;;/q-2;2*+1. The first kappa shape index (κ1) is 17.5. The summed E-state index contributed by atoms with van der Waals surface area (Å²) in [6.07, 6.45) is 0. The van der Waals surface area contributed by atoms with Crippen LogP contribution in [0.4, 0.5) is 11.4 Å². The Morgan fingerprint density at radius 1 is 0.778 bits per heavy atom. The number of rotatable bonds is 2. The first-order valence-corrected chi connectivity index (χ1v) is 5.31. The topological polar surface area (TPSA) is 6.48 Å². The second kappa shape index (κ2) is 7.17. The molecule has 0 bridgehead atoms. The smallest absolute Gasteiger partial charge is 0.399 e. The van der Waals surface area contributed by atoms with Crippen LogP contribution in [-0.2, 0) is 0 Å². The third-order valence-electron chi connectivity index (χ3n) is 2.62. The van der Waals surface area contributed by atoms with E-state index in [2.05, 4.69) is 34.1 Å². The molecule has 0 atom stereocenters. The van der Waals surface area contributed by atoms with Gasteiger partial charge in [0.05, 0.1) is 0 Å². The van der Waals surface area contributed by atoms with Crippen molar-refractivity contribution in [3.8, 4) is 0 Å². The minimum atomic E-state index is 0. The molecule has 0 N–H and O–H groups in total. The minimum Gasteiger partial charge on any atom is -0.399 e. The molecule has 0 saturated heterocycles. The first-order chi connectivity index (χ1) is 7.61. The normalized spacial score (nSPS) is 9.33. The number of nitrogens with zero attached hydrogens (tertiary/aromatic N) is 2. The zero-order valence-electron chi connectivity index (χ0n) is 12.2. The molecule has 0 radical (unpaired) electrons. The summed E-state index contributed by atoms with van der Waals surface area (Å²) in [5.74, 6) is 0. The van der Waals surface area contributed by atoms with E-state index < -0.39 is 0 Å². The van der Waals surface area contributed by atoms with E-state index in [-0.39, 0.29) is 37.7 Å². The number of fused-ring (bicyclic) bond motifs is 1. The summed E-state index contributed by atoms with van der Waals surface area (Å²) in [4.78, 5) is 4.17. The molecular weight excluding hydrogens is 210 g/mol. The Morgan fingerprint density at radius 2 is 1.17 bits per heavy atom. The predicted molar refractivity (Wildman–Crippen MR) is 70.3 cm³/mol. The monoisotopic (exact) mass is 226 g/mol. The summed E-state index contributed by atoms with van der Waals surface area (Å²) in [6.45, 7) is 0. The molecule has 0 aliphatic carbocycles. The molecule has 0 aliphatic heterocycles. The Balaban J connectivity index is 0.00000144. The molecule has 0 aromatic heterocycles. The molecule has 18 heavy (non-hydrogen) atoms. The maximum atomic E-state index is 3.29. The van der Waals surface area contributed by atoms with Gasteiger partial charge in [-0.3, -0.25) is 0 Å². The van der Waals surface area contributed by atoms with Crippen LogP contribution in [0.5, 0.6) is 0 Å². The van der Waals surface area contributed by atoms with Gasteiger partial charge in [-0.15, -0.1) is 5.39 Å². The maximum absolute atomic E-state index is 3.29. The Kier molecular flexibility index (Phi) is 6.97. The molecule has 2 rings (SSSR count). The summed E-state index contributed by atoms with van der Waals surface area (Å²) in [5.41, 5.74) is 2.22. The molecule has 0 amide bonds. The van der Waals surface area contributed by atoms with Gasteiger partial charge >= 0.3 is 37.7 Å². The fraction of sp³-hybridized carbons (Fsp3) is 0.286. The van der Waals surface area contributed by atoms with Gasteiger partial charge in [-0.2, -0.15) is 41.8 Å². The number of hydrogen-bond donors (Lipinski definition) is 0. The van der Waals surface area contributed by atoms with E-state index in [1.807, 2.05) is 40.3 Å². The van der Waals surface area contributed by atoms with Gasteiger partial charge in [-0.25, -0.2) is 0 Å². The molecule has 0 unspecified atom stereocenters. The van der Waals surface area contributed by atoms with E-state index in [0.717, 1.165) is 11.4 Å². The van der Waals surface area contributed by atoms with Crippen LogP contribution in [0.1, 0.15) is 0 Å². The van der Waals surface area contributed by atoms with Crippen LogP contribution in [0.3, 0.4) is 0 Å². The third-order valence-corrected chi connectivity index (χ3v) is 2.62. The minimum absolute atomic E-state index is 0. The summed E-state index contributed by atoms with van der Waals surface area (Å²) in [7, 11) is 8.16. The quantitative estimate of drug-likeness (QED) is 0.389. The summed E-state index contributed by atoms with van der Waals surface area (Å²) >= 11 is 0. The van der Waals surface area contributed by atoms with Crippen molar-refractivity contribution < 1.29 is 37.7 Å². The predicted octanol–water partition coefficient (Wildman–Crippen LogP) is -3.42. The van der Waals surface area contributed by atoms with Crippen molar-refractivity contribution in [2.45, 2.75) is 0 Å². The second-order valence-electron chi connectivity index (χ2n) is 4.27. The molecule has 0 heterocycles. The third kappa shape index (κ3) is 3.28. The van der Waals surface area contributed by atoms with Gasteiger partial charge in [0.2, 0.25) is 0 Å². The fourth-order valence-corrected chi connectivity index (χ4v) is 1.88. The van der Waals surface area contributed by atoms with Crippen LogP contribution in [0.15, 0.2) is 24.3 Å². The van der Waals surface area contributed by atoms with Crippen LogP contribution >= 0.6 is 0 Å². The van der Waals surface area contributed by atoms with Crippen molar-refractivity contribution in [2.24, 2.45) is 0 Å². The van der Waals surface area contributed by atoms with Gasteiger partial charge in [-0.1, -0.05) is 11.4 Å². The molecule has 2 aromatic carbocycles. The molecule has 0 fully saturated rings. The number of hydrogen-bond acceptors (Lipinski definition) is 2. The maximum Gasteiger partial charge on any atom is 1.00 e. The van der Waals surface area contributed by atoms with Crippen molar-refractivity contribution in [1.29, 1.82) is 0 Å². The van der Waals surface area contributed by atoms with E-state index in [4.69, 9.17) is 0 Å². The van der Waals surface area contributed by atoms with Crippen LogP contribution in [-0.4, -0.2) is 28.2 Å². The average Bonchev–Trinajstić information content (AvgIpc) is 2.27. The SMILES string of the molecule is CN(C)c1[c-]ccc2cc[c-]c(N(C)C)c12.[Li+].[Li+]. The first-order valence-electron chi connectivity index (χ1n) is 5.31. The molecule has 0 aliphatic rings. The molecule has 2 nitrogen and oxygen atoms in total. The molecule has 0 spiro atoms. The van der Waals surface area contributed by atoms with Crippen molar-refractivity contribution in [3.63, 3.8) is 0 Å². The van der Waals surface area contributed by atoms with Crippen molar-refractivity contribution in [2.75, 3.05) is 38.0 Å². The Bertz CT molecular complexity index is 467. The van der Waals surface area contributed by atoms with Crippen molar-refractivity contribution in [1.82, 2.24) is 0 Å².